The zero-order valence-electron chi connectivity index (χ0n) is 13.6. The standard InChI is InChI=1S/C16H14N2O7.ClH/c1-11(19)25-15-5-3-2-4-14(15)16(20)23-10-13-7-6-12(8-17-13)9-24-18(21)22;/h2-8H,9-10H2,1H3;1H. The maximum Gasteiger partial charge on any atom is 0.342 e. The van der Waals surface area contributed by atoms with Crippen molar-refractivity contribution in [2.45, 2.75) is 20.1 Å². The van der Waals surface area contributed by atoms with Crippen molar-refractivity contribution in [2.75, 3.05) is 0 Å². The highest BCUT2D eigenvalue weighted by Gasteiger charge is 2.15. The fourth-order valence-corrected chi connectivity index (χ4v) is 1.85. The normalized spacial score (nSPS) is 9.58. The zero-order chi connectivity index (χ0) is 18.2. The number of carbonyl (C=O) groups is 2. The minimum Gasteiger partial charge on any atom is -0.455 e. The van der Waals surface area contributed by atoms with Gasteiger partial charge >= 0.3 is 11.9 Å². The van der Waals surface area contributed by atoms with Crippen molar-refractivity contribution >= 4 is 24.3 Å². The first kappa shape index (κ1) is 20.8. The quantitative estimate of drug-likeness (QED) is 0.310. The Kier molecular flexibility index (Phi) is 7.97. The van der Waals surface area contributed by atoms with Gasteiger partial charge in [0.25, 0.3) is 5.09 Å². The summed E-state index contributed by atoms with van der Waals surface area (Å²) in [5, 5.41) is 9.23. The number of carbonyl (C=O) groups excluding carboxylic acids is 2. The van der Waals surface area contributed by atoms with Gasteiger partial charge in [0.05, 0.1) is 5.69 Å². The first-order chi connectivity index (χ1) is 12.0. The average Bonchev–Trinajstić information content (AvgIpc) is 2.58. The van der Waals surface area contributed by atoms with Gasteiger partial charge in [-0.25, -0.2) is 4.79 Å². The van der Waals surface area contributed by atoms with Gasteiger partial charge in [0.1, 0.15) is 24.5 Å². The van der Waals surface area contributed by atoms with Crippen LogP contribution in [0.4, 0.5) is 0 Å². The third kappa shape index (κ3) is 6.36. The van der Waals surface area contributed by atoms with E-state index in [0.717, 1.165) is 0 Å². The summed E-state index contributed by atoms with van der Waals surface area (Å²) in [4.78, 5) is 41.6. The molecule has 0 amide bonds. The molecule has 0 radical (unpaired) electrons. The maximum absolute atomic E-state index is 12.1. The molecule has 2 rings (SSSR count). The van der Waals surface area contributed by atoms with Crippen molar-refractivity contribution < 1.29 is 29.0 Å². The summed E-state index contributed by atoms with van der Waals surface area (Å²) in [7, 11) is 0. The first-order valence-electron chi connectivity index (χ1n) is 7.11. The van der Waals surface area contributed by atoms with Crippen molar-refractivity contribution in [1.82, 2.24) is 4.98 Å². The number of ether oxygens (including phenoxy) is 2. The number of pyridine rings is 1. The minimum absolute atomic E-state index is 0. The van der Waals surface area contributed by atoms with Gasteiger partial charge in [0, 0.05) is 13.1 Å². The highest BCUT2D eigenvalue weighted by atomic mass is 35.5. The van der Waals surface area contributed by atoms with Crippen molar-refractivity contribution in [2.24, 2.45) is 0 Å². The number of benzene rings is 1. The molecular formula is C16H15ClN2O7. The van der Waals surface area contributed by atoms with Gasteiger partial charge in [-0.3, -0.25) is 9.78 Å². The highest BCUT2D eigenvalue weighted by Crippen LogP contribution is 2.19. The summed E-state index contributed by atoms with van der Waals surface area (Å²) < 4.78 is 10.1. The SMILES string of the molecule is CC(=O)Oc1ccccc1C(=O)OCc1ccc(CO[N+](=O)[O-])cn1.Cl. The van der Waals surface area contributed by atoms with E-state index in [9.17, 15) is 19.7 Å². The molecule has 1 aromatic heterocycles. The number of hydrogen-bond donors (Lipinski definition) is 0. The van der Waals surface area contributed by atoms with Crippen LogP contribution in [-0.2, 0) is 27.6 Å². The van der Waals surface area contributed by atoms with Crippen molar-refractivity contribution in [3.63, 3.8) is 0 Å². The molecule has 0 spiro atoms. The largest absolute Gasteiger partial charge is 0.455 e. The number of halogens is 1. The van der Waals surface area contributed by atoms with Crippen LogP contribution in [0.1, 0.15) is 28.5 Å². The van der Waals surface area contributed by atoms with Gasteiger partial charge in [-0.2, -0.15) is 0 Å². The fraction of sp³-hybridized carbons (Fsp3) is 0.188. The summed E-state index contributed by atoms with van der Waals surface area (Å²) in [5.74, 6) is -1.10. The Morgan fingerprint density at radius 1 is 1.15 bits per heavy atom. The Hall–Kier alpha value is -3.20. The van der Waals surface area contributed by atoms with Gasteiger partial charge in [0.2, 0.25) is 0 Å². The number of hydrogen-bond acceptors (Lipinski definition) is 8. The van der Waals surface area contributed by atoms with E-state index in [4.69, 9.17) is 9.47 Å². The average molecular weight is 383 g/mol. The van der Waals surface area contributed by atoms with E-state index in [-0.39, 0.29) is 36.9 Å². The second-order valence-electron chi connectivity index (χ2n) is 4.82. The molecule has 1 aromatic carbocycles. The van der Waals surface area contributed by atoms with Gasteiger partial charge in [-0.15, -0.1) is 22.5 Å². The van der Waals surface area contributed by atoms with Crippen LogP contribution >= 0.6 is 12.4 Å². The second-order valence-corrected chi connectivity index (χ2v) is 4.82. The molecular weight excluding hydrogens is 368 g/mol. The molecule has 2 aromatic rings. The molecule has 0 aliphatic carbocycles. The van der Waals surface area contributed by atoms with Crippen molar-refractivity contribution in [3.05, 3.63) is 69.5 Å². The Labute approximate surface area is 154 Å². The predicted molar refractivity (Wildman–Crippen MR) is 90.1 cm³/mol. The van der Waals surface area contributed by atoms with E-state index in [1.165, 1.54) is 25.3 Å². The first-order valence-corrected chi connectivity index (χ1v) is 7.11. The van der Waals surface area contributed by atoms with Gasteiger partial charge in [-0.1, -0.05) is 18.2 Å². The number of esters is 2. The van der Waals surface area contributed by atoms with E-state index in [1.54, 1.807) is 24.3 Å². The topological polar surface area (TPSA) is 118 Å². The molecule has 0 saturated carbocycles. The lowest BCUT2D eigenvalue weighted by molar-refractivity contribution is -0.763. The van der Waals surface area contributed by atoms with Crippen LogP contribution in [0.2, 0.25) is 0 Å². The van der Waals surface area contributed by atoms with Crippen LogP contribution in [0.25, 0.3) is 0 Å². The molecule has 0 saturated heterocycles. The predicted octanol–water partition coefficient (Wildman–Crippen LogP) is 2.49. The third-order valence-electron chi connectivity index (χ3n) is 2.93. The summed E-state index contributed by atoms with van der Waals surface area (Å²) >= 11 is 0. The van der Waals surface area contributed by atoms with Gasteiger partial charge in [-0.05, 0) is 23.8 Å². The molecule has 0 bridgehead atoms. The van der Waals surface area contributed by atoms with Crippen molar-refractivity contribution in [3.8, 4) is 5.75 Å². The van der Waals surface area contributed by atoms with Gasteiger partial charge in [0.15, 0.2) is 0 Å². The summed E-state index contributed by atoms with van der Waals surface area (Å²) in [6, 6.07) is 9.34. The second kappa shape index (κ2) is 9.94. The van der Waals surface area contributed by atoms with Crippen LogP contribution in [0, 0.1) is 10.1 Å². The Morgan fingerprint density at radius 3 is 2.50 bits per heavy atom. The van der Waals surface area contributed by atoms with E-state index in [0.29, 0.717) is 11.3 Å². The van der Waals surface area contributed by atoms with E-state index >= 15 is 0 Å². The van der Waals surface area contributed by atoms with Crippen LogP contribution in [0.15, 0.2) is 42.6 Å². The van der Waals surface area contributed by atoms with Crippen LogP contribution in [0.5, 0.6) is 5.75 Å². The highest BCUT2D eigenvalue weighted by molar-refractivity contribution is 5.93. The third-order valence-corrected chi connectivity index (χ3v) is 2.93. The Balaban J connectivity index is 0.00000338. The minimum atomic E-state index is -0.893. The lowest BCUT2D eigenvalue weighted by Crippen LogP contribution is -2.10. The monoisotopic (exact) mass is 382 g/mol. The van der Waals surface area contributed by atoms with Crippen LogP contribution in [0.3, 0.4) is 0 Å². The summed E-state index contributed by atoms with van der Waals surface area (Å²) in [6.45, 7) is 0.912. The summed E-state index contributed by atoms with van der Waals surface area (Å²) in [5.41, 5.74) is 1.07. The zero-order valence-corrected chi connectivity index (χ0v) is 14.4. The fourth-order valence-electron chi connectivity index (χ4n) is 1.85. The number of para-hydroxylation sites is 1. The van der Waals surface area contributed by atoms with Gasteiger partial charge < -0.3 is 14.3 Å². The maximum atomic E-state index is 12.1. The van der Waals surface area contributed by atoms with Crippen molar-refractivity contribution in [1.29, 1.82) is 0 Å². The number of nitrogens with zero attached hydrogens (tertiary/aromatic N) is 2. The van der Waals surface area contributed by atoms with E-state index in [2.05, 4.69) is 9.82 Å². The molecule has 10 heteroatoms. The molecule has 0 N–H and O–H groups in total. The van der Waals surface area contributed by atoms with E-state index in [1.807, 2.05) is 0 Å². The number of rotatable bonds is 7. The smallest absolute Gasteiger partial charge is 0.342 e. The molecule has 0 atom stereocenters. The Bertz CT molecular complexity index is 780. The lowest BCUT2D eigenvalue weighted by atomic mass is 10.2. The molecule has 0 fully saturated rings. The van der Waals surface area contributed by atoms with Crippen LogP contribution < -0.4 is 4.74 Å². The molecule has 0 aliphatic heterocycles. The lowest BCUT2D eigenvalue weighted by Gasteiger charge is -2.09. The molecule has 9 nitrogen and oxygen atoms in total. The summed E-state index contributed by atoms with van der Waals surface area (Å²) in [6.07, 6.45) is 1.39. The Morgan fingerprint density at radius 2 is 1.88 bits per heavy atom. The van der Waals surface area contributed by atoms with Crippen LogP contribution in [-0.4, -0.2) is 22.0 Å². The molecule has 26 heavy (non-hydrogen) atoms. The molecule has 0 unspecified atom stereocenters. The molecule has 0 aliphatic rings. The number of aromatic nitrogens is 1. The molecule has 138 valence electrons. The molecule has 1 heterocycles. The van der Waals surface area contributed by atoms with E-state index < -0.39 is 17.0 Å².